The van der Waals surface area contributed by atoms with Crippen LogP contribution in [-0.4, -0.2) is 17.7 Å². The summed E-state index contributed by atoms with van der Waals surface area (Å²) in [7, 11) is 0. The van der Waals surface area contributed by atoms with Crippen LogP contribution in [0.2, 0.25) is 0 Å². The summed E-state index contributed by atoms with van der Waals surface area (Å²) in [5, 5.41) is 0. The largest absolute Gasteiger partial charge is 0.422 e. The highest BCUT2D eigenvalue weighted by Crippen LogP contribution is 2.27. The van der Waals surface area contributed by atoms with Crippen LogP contribution in [0.15, 0.2) is 18.2 Å². The Morgan fingerprint density at radius 3 is 2.00 bits per heavy atom. The predicted molar refractivity (Wildman–Crippen MR) is 69.4 cm³/mol. The molecule has 1 saturated heterocycles. The lowest BCUT2D eigenvalue weighted by atomic mass is 9.92. The molecule has 1 aromatic rings. The summed E-state index contributed by atoms with van der Waals surface area (Å²) in [4.78, 5) is 23.8. The lowest BCUT2D eigenvalue weighted by Crippen LogP contribution is -2.47. The molecule has 0 saturated carbocycles. The van der Waals surface area contributed by atoms with Crippen LogP contribution in [-0.2, 0) is 25.5 Å². The van der Waals surface area contributed by atoms with Gasteiger partial charge in [0.25, 0.3) is 5.79 Å². The molecule has 1 fully saturated rings. The SMILES string of the molecule is Cc1cccc(C)c1CC1C(=O)OC(C)(C)OC1=O. The maximum atomic E-state index is 11.9. The number of ether oxygens (including phenoxy) is 2. The van der Waals surface area contributed by atoms with Crippen molar-refractivity contribution >= 4 is 11.9 Å². The van der Waals surface area contributed by atoms with E-state index in [1.807, 2.05) is 32.0 Å². The second-order valence-corrected chi connectivity index (χ2v) is 5.37. The molecule has 4 heteroatoms. The van der Waals surface area contributed by atoms with E-state index in [1.54, 1.807) is 13.8 Å². The molecule has 0 amide bonds. The Kier molecular flexibility index (Phi) is 3.35. The van der Waals surface area contributed by atoms with E-state index in [-0.39, 0.29) is 0 Å². The van der Waals surface area contributed by atoms with Gasteiger partial charge in [0.2, 0.25) is 0 Å². The van der Waals surface area contributed by atoms with Gasteiger partial charge >= 0.3 is 11.9 Å². The maximum Gasteiger partial charge on any atom is 0.323 e. The second kappa shape index (κ2) is 4.68. The van der Waals surface area contributed by atoms with Crippen LogP contribution in [0.1, 0.15) is 30.5 Å². The molecule has 1 aliphatic rings. The van der Waals surface area contributed by atoms with Gasteiger partial charge in [-0.25, -0.2) is 0 Å². The van der Waals surface area contributed by atoms with Crippen molar-refractivity contribution in [1.29, 1.82) is 0 Å². The molecule has 0 aliphatic carbocycles. The van der Waals surface area contributed by atoms with Gasteiger partial charge in [-0.3, -0.25) is 9.59 Å². The van der Waals surface area contributed by atoms with Crippen LogP contribution < -0.4 is 0 Å². The van der Waals surface area contributed by atoms with Crippen LogP contribution >= 0.6 is 0 Å². The number of hydrogen-bond acceptors (Lipinski definition) is 4. The van der Waals surface area contributed by atoms with Crippen molar-refractivity contribution in [3.63, 3.8) is 0 Å². The van der Waals surface area contributed by atoms with E-state index < -0.39 is 23.6 Å². The Balaban J connectivity index is 2.24. The molecule has 1 aromatic carbocycles. The number of cyclic esters (lactones) is 2. The second-order valence-electron chi connectivity index (χ2n) is 5.37. The van der Waals surface area contributed by atoms with Crippen molar-refractivity contribution in [2.24, 2.45) is 5.92 Å². The maximum absolute atomic E-state index is 11.9. The van der Waals surface area contributed by atoms with E-state index in [2.05, 4.69) is 0 Å². The van der Waals surface area contributed by atoms with E-state index >= 15 is 0 Å². The Labute approximate surface area is 112 Å². The number of esters is 2. The number of rotatable bonds is 2. The van der Waals surface area contributed by atoms with Crippen molar-refractivity contribution in [2.45, 2.75) is 39.9 Å². The van der Waals surface area contributed by atoms with Crippen LogP contribution in [0, 0.1) is 19.8 Å². The van der Waals surface area contributed by atoms with Crippen LogP contribution in [0.25, 0.3) is 0 Å². The zero-order valence-corrected chi connectivity index (χ0v) is 11.6. The predicted octanol–water partition coefficient (Wildman–Crippen LogP) is 2.30. The summed E-state index contributed by atoms with van der Waals surface area (Å²) in [5.41, 5.74) is 3.12. The minimum absolute atomic E-state index is 0.326. The van der Waals surface area contributed by atoms with Gasteiger partial charge in [0, 0.05) is 13.8 Å². The zero-order valence-electron chi connectivity index (χ0n) is 11.6. The van der Waals surface area contributed by atoms with E-state index in [9.17, 15) is 9.59 Å². The Morgan fingerprint density at radius 2 is 1.53 bits per heavy atom. The lowest BCUT2D eigenvalue weighted by molar-refractivity contribution is -0.239. The van der Waals surface area contributed by atoms with Crippen molar-refractivity contribution in [3.05, 3.63) is 34.9 Å². The fourth-order valence-corrected chi connectivity index (χ4v) is 2.29. The van der Waals surface area contributed by atoms with Crippen LogP contribution in [0.5, 0.6) is 0 Å². The molecule has 0 unspecified atom stereocenters. The average Bonchev–Trinajstić information content (AvgIpc) is 2.25. The highest BCUT2D eigenvalue weighted by atomic mass is 16.7. The fourth-order valence-electron chi connectivity index (χ4n) is 2.29. The Bertz CT molecular complexity index is 491. The third kappa shape index (κ3) is 2.78. The molecule has 102 valence electrons. The Hall–Kier alpha value is -1.84. The molecule has 0 radical (unpaired) electrons. The first-order chi connectivity index (χ1) is 8.80. The summed E-state index contributed by atoms with van der Waals surface area (Å²) in [6.07, 6.45) is 0.326. The molecule has 2 rings (SSSR count). The van der Waals surface area contributed by atoms with Gasteiger partial charge < -0.3 is 9.47 Å². The quantitative estimate of drug-likeness (QED) is 0.606. The standard InChI is InChI=1S/C15H18O4/c1-9-6-5-7-10(2)11(9)8-12-13(16)18-15(3,4)19-14(12)17/h5-7,12H,8H2,1-4H3. The first-order valence-electron chi connectivity index (χ1n) is 6.31. The number of carbonyl (C=O) groups excluding carboxylic acids is 2. The molecule has 0 aromatic heterocycles. The summed E-state index contributed by atoms with van der Waals surface area (Å²) in [5.74, 6) is -3.05. The molecule has 1 aliphatic heterocycles. The van der Waals surface area contributed by atoms with E-state index in [0.717, 1.165) is 16.7 Å². The molecule has 0 spiro atoms. The smallest absolute Gasteiger partial charge is 0.323 e. The molecule has 1 heterocycles. The molecular weight excluding hydrogens is 244 g/mol. The van der Waals surface area contributed by atoms with Gasteiger partial charge in [0.05, 0.1) is 0 Å². The van der Waals surface area contributed by atoms with Gasteiger partial charge in [-0.15, -0.1) is 0 Å². The Morgan fingerprint density at radius 1 is 1.05 bits per heavy atom. The average molecular weight is 262 g/mol. The molecule has 0 bridgehead atoms. The topological polar surface area (TPSA) is 52.6 Å². The van der Waals surface area contributed by atoms with E-state index in [1.165, 1.54) is 0 Å². The number of hydrogen-bond donors (Lipinski definition) is 0. The third-order valence-electron chi connectivity index (χ3n) is 3.31. The minimum atomic E-state index is -1.16. The molecular formula is C15H18O4. The van der Waals surface area contributed by atoms with Crippen LogP contribution in [0.4, 0.5) is 0 Å². The third-order valence-corrected chi connectivity index (χ3v) is 3.31. The lowest BCUT2D eigenvalue weighted by Gasteiger charge is -2.33. The highest BCUT2D eigenvalue weighted by Gasteiger charge is 2.43. The van der Waals surface area contributed by atoms with Crippen molar-refractivity contribution in [3.8, 4) is 0 Å². The summed E-state index contributed by atoms with van der Waals surface area (Å²) < 4.78 is 10.3. The molecule has 0 N–H and O–H groups in total. The number of aryl methyl sites for hydroxylation is 2. The number of benzene rings is 1. The summed E-state index contributed by atoms with van der Waals surface area (Å²) >= 11 is 0. The highest BCUT2D eigenvalue weighted by molar-refractivity contribution is 5.97. The van der Waals surface area contributed by atoms with E-state index in [4.69, 9.17) is 9.47 Å². The fraction of sp³-hybridized carbons (Fsp3) is 0.467. The van der Waals surface area contributed by atoms with Crippen molar-refractivity contribution in [2.75, 3.05) is 0 Å². The summed E-state index contributed by atoms with van der Waals surface area (Å²) in [6.45, 7) is 7.04. The van der Waals surface area contributed by atoms with Crippen molar-refractivity contribution in [1.82, 2.24) is 0 Å². The van der Waals surface area contributed by atoms with Gasteiger partial charge in [0.15, 0.2) is 5.92 Å². The van der Waals surface area contributed by atoms with Crippen molar-refractivity contribution < 1.29 is 19.1 Å². The van der Waals surface area contributed by atoms with Gasteiger partial charge in [0.1, 0.15) is 0 Å². The normalized spacial score (nSPS) is 18.9. The first kappa shape index (κ1) is 13.6. The van der Waals surface area contributed by atoms with Gasteiger partial charge in [-0.05, 0) is 37.0 Å². The summed E-state index contributed by atoms with van der Waals surface area (Å²) in [6, 6.07) is 5.88. The van der Waals surface area contributed by atoms with Crippen LogP contribution in [0.3, 0.4) is 0 Å². The minimum Gasteiger partial charge on any atom is -0.422 e. The molecule has 19 heavy (non-hydrogen) atoms. The first-order valence-corrected chi connectivity index (χ1v) is 6.31. The monoisotopic (exact) mass is 262 g/mol. The van der Waals surface area contributed by atoms with E-state index in [0.29, 0.717) is 6.42 Å². The molecule has 4 nitrogen and oxygen atoms in total. The number of carbonyl (C=O) groups is 2. The van der Waals surface area contributed by atoms with Gasteiger partial charge in [-0.2, -0.15) is 0 Å². The van der Waals surface area contributed by atoms with Gasteiger partial charge in [-0.1, -0.05) is 18.2 Å². The zero-order chi connectivity index (χ0) is 14.2. The molecule has 0 atom stereocenters.